The van der Waals surface area contributed by atoms with Crippen molar-refractivity contribution in [3.05, 3.63) is 200 Å². The predicted molar refractivity (Wildman–Crippen MR) is 225 cm³/mol. The Kier molecular flexibility index (Phi) is 7.81. The fourth-order valence-corrected chi connectivity index (χ4v) is 7.58. The standard InChI is InChI=1S/C51H33N3/c1-2-11-37-28-39(26-23-34(37)10-1)38-13-7-15-42(29-38)50-32-49(36-24-21-35(22-25-36)44-17-9-27-52-33-44)53-51(54-50)43-16-8-14-40(30-43)48-31-41-12-3-4-18-45(41)46-19-5-6-20-47(46)48/h1-33H. The van der Waals surface area contributed by atoms with Crippen molar-refractivity contribution >= 4 is 32.3 Å². The van der Waals surface area contributed by atoms with Gasteiger partial charge in [0.25, 0.3) is 0 Å². The zero-order valence-corrected chi connectivity index (χ0v) is 29.4. The Bertz CT molecular complexity index is 2990. The molecule has 0 bridgehead atoms. The van der Waals surface area contributed by atoms with Crippen LogP contribution in [0.4, 0.5) is 0 Å². The summed E-state index contributed by atoms with van der Waals surface area (Å²) in [5, 5.41) is 7.41. The summed E-state index contributed by atoms with van der Waals surface area (Å²) in [5.74, 6) is 0.682. The normalized spacial score (nSPS) is 11.3. The molecule has 0 radical (unpaired) electrons. The van der Waals surface area contributed by atoms with Gasteiger partial charge in [0, 0.05) is 29.1 Å². The SMILES string of the molecule is c1cncc(-c2ccc(-c3cc(-c4cccc(-c5ccc6ccccc6c5)c4)nc(-c4cccc(-c5cc6ccccc6c6ccccc56)c4)n3)cc2)c1. The number of benzene rings is 8. The lowest BCUT2D eigenvalue weighted by Gasteiger charge is -2.13. The highest BCUT2D eigenvalue weighted by molar-refractivity contribution is 6.13. The van der Waals surface area contributed by atoms with E-state index in [0.717, 1.165) is 50.3 Å². The molecule has 8 aromatic carbocycles. The van der Waals surface area contributed by atoms with Crippen LogP contribution in [0.2, 0.25) is 0 Å². The summed E-state index contributed by atoms with van der Waals surface area (Å²) >= 11 is 0. The van der Waals surface area contributed by atoms with Gasteiger partial charge in [-0.05, 0) is 102 Å². The first-order valence-corrected chi connectivity index (χ1v) is 18.2. The van der Waals surface area contributed by atoms with Crippen molar-refractivity contribution in [3.63, 3.8) is 0 Å². The van der Waals surface area contributed by atoms with Crippen molar-refractivity contribution in [2.75, 3.05) is 0 Å². The molecule has 0 atom stereocenters. The van der Waals surface area contributed by atoms with Crippen molar-refractivity contribution in [2.45, 2.75) is 0 Å². The average Bonchev–Trinajstić information content (AvgIpc) is 3.26. The maximum atomic E-state index is 5.28. The van der Waals surface area contributed by atoms with Gasteiger partial charge in [-0.25, -0.2) is 9.97 Å². The van der Waals surface area contributed by atoms with Crippen LogP contribution in [0.1, 0.15) is 0 Å². The molecule has 0 spiro atoms. The monoisotopic (exact) mass is 687 g/mol. The molecule has 2 heterocycles. The fraction of sp³-hybridized carbons (Fsp3) is 0. The largest absolute Gasteiger partial charge is 0.264 e. The lowest BCUT2D eigenvalue weighted by Crippen LogP contribution is -1.96. The summed E-state index contributed by atoms with van der Waals surface area (Å²) in [6.45, 7) is 0. The molecule has 0 fully saturated rings. The predicted octanol–water partition coefficient (Wildman–Crippen LogP) is 13.3. The van der Waals surface area contributed by atoms with Crippen LogP contribution in [0, 0.1) is 0 Å². The van der Waals surface area contributed by atoms with Crippen LogP contribution < -0.4 is 0 Å². The van der Waals surface area contributed by atoms with Crippen molar-refractivity contribution in [1.82, 2.24) is 15.0 Å². The number of pyridine rings is 1. The Balaban J connectivity index is 1.11. The highest BCUT2D eigenvalue weighted by Gasteiger charge is 2.15. The highest BCUT2D eigenvalue weighted by Crippen LogP contribution is 2.37. The summed E-state index contributed by atoms with van der Waals surface area (Å²) in [6, 6.07) is 66.8. The fourth-order valence-electron chi connectivity index (χ4n) is 7.58. The third-order valence-corrected chi connectivity index (χ3v) is 10.3. The van der Waals surface area contributed by atoms with E-state index in [9.17, 15) is 0 Å². The molecule has 10 rings (SSSR count). The molecule has 10 aromatic rings. The van der Waals surface area contributed by atoms with E-state index in [1.54, 1.807) is 6.20 Å². The van der Waals surface area contributed by atoms with Crippen LogP contribution in [-0.4, -0.2) is 15.0 Å². The molecular formula is C51H33N3. The first kappa shape index (κ1) is 31.5. The van der Waals surface area contributed by atoms with E-state index in [4.69, 9.17) is 9.97 Å². The van der Waals surface area contributed by atoms with E-state index < -0.39 is 0 Å². The molecule has 0 saturated carbocycles. The Morgan fingerprint density at radius 1 is 0.296 bits per heavy atom. The van der Waals surface area contributed by atoms with Gasteiger partial charge in [-0.15, -0.1) is 0 Å². The summed E-state index contributed by atoms with van der Waals surface area (Å²) in [6.07, 6.45) is 3.69. The van der Waals surface area contributed by atoms with Crippen LogP contribution >= 0.6 is 0 Å². The second kappa shape index (κ2) is 13.4. The van der Waals surface area contributed by atoms with E-state index in [2.05, 4.69) is 187 Å². The Morgan fingerprint density at radius 3 is 1.70 bits per heavy atom. The maximum absolute atomic E-state index is 5.28. The van der Waals surface area contributed by atoms with Gasteiger partial charge in [0.2, 0.25) is 0 Å². The molecule has 3 heteroatoms. The molecule has 0 unspecified atom stereocenters. The van der Waals surface area contributed by atoms with Gasteiger partial charge < -0.3 is 0 Å². The Labute approximate surface area is 313 Å². The second-order valence-corrected chi connectivity index (χ2v) is 13.7. The summed E-state index contributed by atoms with van der Waals surface area (Å²) in [7, 11) is 0. The smallest absolute Gasteiger partial charge is 0.160 e. The molecule has 0 saturated heterocycles. The number of aromatic nitrogens is 3. The van der Waals surface area contributed by atoms with E-state index in [1.165, 1.54) is 43.4 Å². The summed E-state index contributed by atoms with van der Waals surface area (Å²) < 4.78 is 0. The minimum atomic E-state index is 0.682. The van der Waals surface area contributed by atoms with Crippen LogP contribution in [0.5, 0.6) is 0 Å². The first-order valence-electron chi connectivity index (χ1n) is 18.2. The maximum Gasteiger partial charge on any atom is 0.160 e. The van der Waals surface area contributed by atoms with Gasteiger partial charge in [0.05, 0.1) is 11.4 Å². The zero-order chi connectivity index (χ0) is 35.8. The van der Waals surface area contributed by atoms with E-state index >= 15 is 0 Å². The molecule has 0 aliphatic heterocycles. The number of hydrogen-bond acceptors (Lipinski definition) is 3. The first-order chi connectivity index (χ1) is 26.7. The van der Waals surface area contributed by atoms with E-state index in [1.807, 2.05) is 12.3 Å². The van der Waals surface area contributed by atoms with Crippen molar-refractivity contribution in [2.24, 2.45) is 0 Å². The molecule has 0 amide bonds. The molecule has 2 aromatic heterocycles. The summed E-state index contributed by atoms with van der Waals surface area (Å²) in [4.78, 5) is 14.8. The molecule has 252 valence electrons. The lowest BCUT2D eigenvalue weighted by molar-refractivity contribution is 1.18. The zero-order valence-electron chi connectivity index (χ0n) is 29.4. The quantitative estimate of drug-likeness (QED) is 0.163. The second-order valence-electron chi connectivity index (χ2n) is 13.7. The van der Waals surface area contributed by atoms with Crippen LogP contribution in [0.3, 0.4) is 0 Å². The van der Waals surface area contributed by atoms with E-state index in [-0.39, 0.29) is 0 Å². The minimum Gasteiger partial charge on any atom is -0.264 e. The highest BCUT2D eigenvalue weighted by atomic mass is 14.9. The molecule has 3 nitrogen and oxygen atoms in total. The number of rotatable bonds is 6. The average molecular weight is 688 g/mol. The third-order valence-electron chi connectivity index (χ3n) is 10.3. The summed E-state index contributed by atoms with van der Waals surface area (Å²) in [5.41, 5.74) is 11.6. The Hall–Kier alpha value is -7.23. The van der Waals surface area contributed by atoms with Crippen molar-refractivity contribution < 1.29 is 0 Å². The number of hydrogen-bond donors (Lipinski definition) is 0. The third kappa shape index (κ3) is 5.88. The number of fused-ring (bicyclic) bond motifs is 4. The minimum absolute atomic E-state index is 0.682. The lowest BCUT2D eigenvalue weighted by atomic mass is 9.92. The van der Waals surface area contributed by atoms with Crippen molar-refractivity contribution in [1.29, 1.82) is 0 Å². The van der Waals surface area contributed by atoms with Crippen LogP contribution in [0.15, 0.2) is 200 Å². The Morgan fingerprint density at radius 2 is 0.889 bits per heavy atom. The topological polar surface area (TPSA) is 38.7 Å². The van der Waals surface area contributed by atoms with Crippen molar-refractivity contribution in [3.8, 4) is 67.3 Å². The van der Waals surface area contributed by atoms with Gasteiger partial charge in [0.1, 0.15) is 0 Å². The van der Waals surface area contributed by atoms with E-state index in [0.29, 0.717) is 5.82 Å². The molecule has 0 aliphatic carbocycles. The van der Waals surface area contributed by atoms with Crippen LogP contribution in [-0.2, 0) is 0 Å². The van der Waals surface area contributed by atoms with Gasteiger partial charge in [-0.1, -0.05) is 152 Å². The number of nitrogens with zero attached hydrogens (tertiary/aromatic N) is 3. The van der Waals surface area contributed by atoms with Crippen LogP contribution in [0.25, 0.3) is 99.6 Å². The van der Waals surface area contributed by atoms with Gasteiger partial charge >= 0.3 is 0 Å². The molecule has 54 heavy (non-hydrogen) atoms. The van der Waals surface area contributed by atoms with Gasteiger partial charge in [-0.3, -0.25) is 4.98 Å². The molecule has 0 aliphatic rings. The molecular weight excluding hydrogens is 655 g/mol. The molecule has 0 N–H and O–H groups in total. The van der Waals surface area contributed by atoms with Gasteiger partial charge in [-0.2, -0.15) is 0 Å². The van der Waals surface area contributed by atoms with Gasteiger partial charge in [0.15, 0.2) is 5.82 Å².